The van der Waals surface area contributed by atoms with Gasteiger partial charge in [-0.25, -0.2) is 0 Å². The summed E-state index contributed by atoms with van der Waals surface area (Å²) in [6.07, 6.45) is 8.70. The summed E-state index contributed by atoms with van der Waals surface area (Å²) in [7, 11) is 0. The molecule has 1 atom stereocenters. The Kier molecular flexibility index (Phi) is 1.93. The van der Waals surface area contributed by atoms with Gasteiger partial charge in [-0.05, 0) is 19.3 Å². The van der Waals surface area contributed by atoms with Crippen LogP contribution in [0.5, 0.6) is 0 Å². The second-order valence-electron chi connectivity index (χ2n) is 2.02. The molecule has 1 saturated heterocycles. The van der Waals surface area contributed by atoms with Crippen molar-refractivity contribution in [3.05, 3.63) is 0 Å². The molecular formula is C7H10O. The maximum Gasteiger partial charge on any atom is 0.117 e. The predicted molar refractivity (Wildman–Crippen MR) is 32.4 cm³/mol. The molecule has 1 nitrogen and oxygen atoms in total. The Morgan fingerprint density at radius 2 is 2.38 bits per heavy atom. The van der Waals surface area contributed by atoms with E-state index in [-0.39, 0.29) is 6.10 Å². The molecule has 0 aliphatic carbocycles. The fourth-order valence-electron chi connectivity index (χ4n) is 0.872. The molecule has 1 fully saturated rings. The first-order chi connectivity index (χ1) is 3.93. The van der Waals surface area contributed by atoms with Crippen molar-refractivity contribution in [2.24, 2.45) is 0 Å². The first kappa shape index (κ1) is 5.65. The van der Waals surface area contributed by atoms with Gasteiger partial charge in [0.15, 0.2) is 0 Å². The van der Waals surface area contributed by atoms with Crippen molar-refractivity contribution in [2.75, 3.05) is 6.61 Å². The molecule has 1 aliphatic heterocycles. The van der Waals surface area contributed by atoms with Gasteiger partial charge in [0.25, 0.3) is 0 Å². The second-order valence-corrected chi connectivity index (χ2v) is 2.02. The lowest BCUT2D eigenvalue weighted by molar-refractivity contribution is 0.0526. The fourth-order valence-corrected chi connectivity index (χ4v) is 0.872. The van der Waals surface area contributed by atoms with E-state index in [1.165, 1.54) is 12.8 Å². The van der Waals surface area contributed by atoms with Gasteiger partial charge in [-0.15, -0.1) is 6.42 Å². The smallest absolute Gasteiger partial charge is 0.117 e. The molecule has 0 aromatic rings. The average molecular weight is 110 g/mol. The van der Waals surface area contributed by atoms with Crippen molar-refractivity contribution in [3.8, 4) is 12.3 Å². The Bertz CT molecular complexity index is 95.4. The van der Waals surface area contributed by atoms with Crippen LogP contribution in [0.2, 0.25) is 0 Å². The lowest BCUT2D eigenvalue weighted by Crippen LogP contribution is -2.16. The highest BCUT2D eigenvalue weighted by atomic mass is 16.5. The van der Waals surface area contributed by atoms with Crippen LogP contribution in [0.15, 0.2) is 0 Å². The molecule has 0 N–H and O–H groups in total. The first-order valence-electron chi connectivity index (χ1n) is 3.01. The highest BCUT2D eigenvalue weighted by Crippen LogP contribution is 2.10. The molecule has 1 aliphatic rings. The van der Waals surface area contributed by atoms with E-state index < -0.39 is 0 Å². The Morgan fingerprint density at radius 1 is 1.50 bits per heavy atom. The molecule has 44 valence electrons. The first-order valence-corrected chi connectivity index (χ1v) is 3.01. The zero-order chi connectivity index (χ0) is 5.82. The van der Waals surface area contributed by atoms with E-state index in [4.69, 9.17) is 11.2 Å². The van der Waals surface area contributed by atoms with Crippen molar-refractivity contribution >= 4 is 0 Å². The zero-order valence-corrected chi connectivity index (χ0v) is 4.89. The Labute approximate surface area is 50.0 Å². The SMILES string of the molecule is C#C[C@@H]1CCCCO1. The third kappa shape index (κ3) is 1.24. The minimum Gasteiger partial charge on any atom is -0.366 e. The van der Waals surface area contributed by atoms with Crippen LogP contribution < -0.4 is 0 Å². The van der Waals surface area contributed by atoms with Gasteiger partial charge >= 0.3 is 0 Å². The van der Waals surface area contributed by atoms with Gasteiger partial charge in [-0.1, -0.05) is 5.92 Å². The number of hydrogen-bond donors (Lipinski definition) is 0. The summed E-state index contributed by atoms with van der Waals surface area (Å²) < 4.78 is 5.19. The van der Waals surface area contributed by atoms with Crippen LogP contribution in [0, 0.1) is 12.3 Å². The molecule has 0 bridgehead atoms. The van der Waals surface area contributed by atoms with Crippen LogP contribution in [0.4, 0.5) is 0 Å². The van der Waals surface area contributed by atoms with Gasteiger partial charge in [-0.2, -0.15) is 0 Å². The molecule has 0 aromatic heterocycles. The third-order valence-corrected chi connectivity index (χ3v) is 1.37. The van der Waals surface area contributed by atoms with Gasteiger partial charge in [0.1, 0.15) is 6.10 Å². The summed E-state index contributed by atoms with van der Waals surface area (Å²) in [5, 5.41) is 0. The van der Waals surface area contributed by atoms with Gasteiger partial charge in [-0.3, -0.25) is 0 Å². The van der Waals surface area contributed by atoms with Crippen LogP contribution in [-0.4, -0.2) is 12.7 Å². The van der Waals surface area contributed by atoms with Crippen LogP contribution in [0.25, 0.3) is 0 Å². The number of terminal acetylenes is 1. The normalized spacial score (nSPS) is 29.1. The van der Waals surface area contributed by atoms with E-state index in [9.17, 15) is 0 Å². The van der Waals surface area contributed by atoms with Crippen molar-refractivity contribution in [1.29, 1.82) is 0 Å². The van der Waals surface area contributed by atoms with Crippen LogP contribution in [0.1, 0.15) is 19.3 Å². The summed E-state index contributed by atoms with van der Waals surface area (Å²) in [6.45, 7) is 0.856. The van der Waals surface area contributed by atoms with E-state index in [2.05, 4.69) is 5.92 Å². The lowest BCUT2D eigenvalue weighted by atomic mass is 10.1. The van der Waals surface area contributed by atoms with E-state index in [0.29, 0.717) is 0 Å². The molecule has 0 amide bonds. The maximum absolute atomic E-state index is 5.19. The van der Waals surface area contributed by atoms with Crippen molar-refractivity contribution in [2.45, 2.75) is 25.4 Å². The highest BCUT2D eigenvalue weighted by Gasteiger charge is 2.08. The molecule has 8 heavy (non-hydrogen) atoms. The zero-order valence-electron chi connectivity index (χ0n) is 4.89. The van der Waals surface area contributed by atoms with Gasteiger partial charge in [0.2, 0.25) is 0 Å². The highest BCUT2D eigenvalue weighted by molar-refractivity contribution is 4.95. The van der Waals surface area contributed by atoms with Gasteiger partial charge in [0, 0.05) is 6.61 Å². The fraction of sp³-hybridized carbons (Fsp3) is 0.714. The van der Waals surface area contributed by atoms with Crippen LogP contribution in [0.3, 0.4) is 0 Å². The van der Waals surface area contributed by atoms with E-state index in [0.717, 1.165) is 13.0 Å². The van der Waals surface area contributed by atoms with E-state index in [1.807, 2.05) is 0 Å². The maximum atomic E-state index is 5.19. The number of rotatable bonds is 0. The molecule has 1 rings (SSSR count). The number of ether oxygens (including phenoxy) is 1. The Hall–Kier alpha value is -0.480. The average Bonchev–Trinajstić information content (AvgIpc) is 1.90. The van der Waals surface area contributed by atoms with Gasteiger partial charge < -0.3 is 4.74 Å². The Balaban J connectivity index is 2.25. The number of hydrogen-bond acceptors (Lipinski definition) is 1. The lowest BCUT2D eigenvalue weighted by Gasteiger charge is -2.16. The molecular weight excluding hydrogens is 100 g/mol. The second kappa shape index (κ2) is 2.74. The minimum absolute atomic E-state index is 0.115. The monoisotopic (exact) mass is 110 g/mol. The van der Waals surface area contributed by atoms with Crippen molar-refractivity contribution in [1.82, 2.24) is 0 Å². The molecule has 0 aromatic carbocycles. The quantitative estimate of drug-likeness (QED) is 0.425. The summed E-state index contributed by atoms with van der Waals surface area (Å²) >= 11 is 0. The summed E-state index contributed by atoms with van der Waals surface area (Å²) in [5.74, 6) is 2.58. The van der Waals surface area contributed by atoms with Crippen molar-refractivity contribution in [3.63, 3.8) is 0 Å². The topological polar surface area (TPSA) is 9.23 Å². The molecule has 0 unspecified atom stereocenters. The summed E-state index contributed by atoms with van der Waals surface area (Å²) in [5.41, 5.74) is 0. The minimum atomic E-state index is 0.115. The van der Waals surface area contributed by atoms with E-state index in [1.54, 1.807) is 0 Å². The van der Waals surface area contributed by atoms with Gasteiger partial charge in [0.05, 0.1) is 0 Å². The summed E-state index contributed by atoms with van der Waals surface area (Å²) in [4.78, 5) is 0. The molecule has 0 saturated carbocycles. The molecule has 0 radical (unpaired) electrons. The Morgan fingerprint density at radius 3 is 2.75 bits per heavy atom. The van der Waals surface area contributed by atoms with Crippen molar-refractivity contribution < 1.29 is 4.74 Å². The van der Waals surface area contributed by atoms with E-state index >= 15 is 0 Å². The third-order valence-electron chi connectivity index (χ3n) is 1.37. The van der Waals surface area contributed by atoms with Crippen LogP contribution >= 0.6 is 0 Å². The largest absolute Gasteiger partial charge is 0.366 e. The molecule has 1 heteroatoms. The molecule has 1 heterocycles. The molecule has 0 spiro atoms. The predicted octanol–water partition coefficient (Wildman–Crippen LogP) is 1.19. The summed E-state index contributed by atoms with van der Waals surface area (Å²) in [6, 6.07) is 0. The standard InChI is InChI=1S/C7H10O/c1-2-7-5-3-4-6-8-7/h1,7H,3-6H2/t7-/m1/s1. The van der Waals surface area contributed by atoms with Crippen LogP contribution in [-0.2, 0) is 4.74 Å².